The summed E-state index contributed by atoms with van der Waals surface area (Å²) in [4.78, 5) is 79.9. The average Bonchev–Trinajstić information content (AvgIpc) is 1.61. The number of carboxylic acid groups (broad SMARTS) is 2. The number of nitrogens with zero attached hydrogens (tertiary/aromatic N) is 8. The molecule has 5 aromatic rings. The van der Waals surface area contributed by atoms with Gasteiger partial charge in [-0.25, -0.2) is 9.59 Å². The number of likely N-dealkylation sites (tertiary alicyclic amines) is 3. The van der Waals surface area contributed by atoms with Crippen molar-refractivity contribution in [1.82, 2.24) is 30.7 Å². The van der Waals surface area contributed by atoms with Crippen LogP contribution in [0.2, 0.25) is 0 Å². The maximum Gasteiger partial charge on any atom is 0.335 e. The number of aliphatic hydroxyl groups excluding tert-OH is 4. The van der Waals surface area contributed by atoms with E-state index in [1.54, 1.807) is 51.1 Å². The topological polar surface area (TPSA) is 470 Å². The number of carboxylic acids is 2. The molecule has 114 heavy (non-hydrogen) atoms. The summed E-state index contributed by atoms with van der Waals surface area (Å²) in [5.41, 5.74) is 28.5. The molecule has 0 amide bonds. The molecule has 32 nitrogen and oxygen atoms in total. The van der Waals surface area contributed by atoms with Crippen LogP contribution in [-0.2, 0) is 49.9 Å². The third-order valence-electron chi connectivity index (χ3n) is 19.5. The number of aliphatic imine (C=N–C) groups is 1. The maximum absolute atomic E-state index is 11.3. The Morgan fingerprint density at radius 3 is 1.48 bits per heavy atom. The number of nitrogens with two attached hydrogens (primary N) is 3. The van der Waals surface area contributed by atoms with E-state index < -0.39 is 17.9 Å². The maximum atomic E-state index is 11.3. The molecule has 0 radical (unpaired) electrons. The van der Waals surface area contributed by atoms with E-state index in [0.717, 1.165) is 141 Å². The Kier molecular flexibility index (Phi) is 39.5. The van der Waals surface area contributed by atoms with E-state index in [4.69, 9.17) is 47.4 Å². The lowest BCUT2D eigenvalue weighted by Gasteiger charge is -2.34. The molecule has 16 N–H and O–H groups in total. The van der Waals surface area contributed by atoms with Crippen LogP contribution in [0, 0.1) is 49.3 Å². The zero-order valence-electron chi connectivity index (χ0n) is 66.5. The van der Waals surface area contributed by atoms with Crippen molar-refractivity contribution in [2.75, 3.05) is 113 Å². The van der Waals surface area contributed by atoms with E-state index in [0.29, 0.717) is 74.9 Å². The van der Waals surface area contributed by atoms with Gasteiger partial charge in [0, 0.05) is 147 Å². The number of anilines is 5. The van der Waals surface area contributed by atoms with Gasteiger partial charge >= 0.3 is 23.9 Å². The molecule has 0 saturated carbocycles. The van der Waals surface area contributed by atoms with Gasteiger partial charge in [-0.3, -0.25) is 54.9 Å². The zero-order chi connectivity index (χ0) is 83.2. The van der Waals surface area contributed by atoms with Gasteiger partial charge in [0.1, 0.15) is 6.42 Å². The molecule has 4 fully saturated rings. The number of hydrogen-bond acceptors (Lipinski definition) is 28. The number of allylic oxidation sites excluding steroid dienone is 2. The number of carbonyl (C=O) groups excluding carboxylic acids is 2. The first-order valence-electron chi connectivity index (χ1n) is 38.0. The number of esters is 2. The summed E-state index contributed by atoms with van der Waals surface area (Å²) in [6, 6.07) is 25.6. The van der Waals surface area contributed by atoms with E-state index in [-0.39, 0.29) is 106 Å². The molecule has 12 rings (SSSR count). The van der Waals surface area contributed by atoms with Crippen molar-refractivity contribution in [3.63, 3.8) is 0 Å². The summed E-state index contributed by atoms with van der Waals surface area (Å²) in [6.07, 6.45) is 7.27. The van der Waals surface area contributed by atoms with Crippen LogP contribution >= 0.6 is 28.3 Å². The number of nitro groups is 2. The van der Waals surface area contributed by atoms with Crippen LogP contribution in [0.25, 0.3) is 0 Å². The number of benzene rings is 5. The highest BCUT2D eigenvalue weighted by molar-refractivity contribution is 9.10. The first kappa shape index (κ1) is 95.0. The van der Waals surface area contributed by atoms with Crippen molar-refractivity contribution in [1.29, 1.82) is 5.41 Å². The Balaban J connectivity index is 0.000000243. The number of rotatable bonds is 19. The average molecular weight is 1670 g/mol. The number of halogens is 2. The molecule has 8 atom stereocenters. The van der Waals surface area contributed by atoms with Gasteiger partial charge < -0.3 is 87.8 Å². The van der Waals surface area contributed by atoms with Gasteiger partial charge in [-0.15, -0.1) is 12.4 Å². The first-order chi connectivity index (χ1) is 53.6. The molecular formula is C80H115BrClN15O17. The van der Waals surface area contributed by atoms with E-state index in [1.165, 1.54) is 41.6 Å². The van der Waals surface area contributed by atoms with E-state index in [9.17, 15) is 54.7 Å². The van der Waals surface area contributed by atoms with Crippen molar-refractivity contribution >= 4 is 109 Å². The molecule has 34 heteroatoms. The van der Waals surface area contributed by atoms with Gasteiger partial charge in [0.25, 0.3) is 11.4 Å². The molecule has 5 aromatic carbocycles. The molecule has 626 valence electrons. The van der Waals surface area contributed by atoms with Crippen LogP contribution < -0.4 is 43.0 Å². The van der Waals surface area contributed by atoms with Gasteiger partial charge in [0.15, 0.2) is 5.90 Å². The summed E-state index contributed by atoms with van der Waals surface area (Å²) in [5.74, 6) is -1.46. The number of nitrogens with one attached hydrogen (secondary N) is 4. The number of nitrogen functional groups attached to an aromatic ring is 3. The van der Waals surface area contributed by atoms with Crippen LogP contribution in [0.15, 0.2) is 124 Å². The molecule has 0 bridgehead atoms. The predicted octanol–water partition coefficient (Wildman–Crippen LogP) is 10.2. The fourth-order valence-corrected chi connectivity index (χ4v) is 13.8. The summed E-state index contributed by atoms with van der Waals surface area (Å²) in [5, 5.41) is 94.8. The highest BCUT2D eigenvalue weighted by atomic mass is 79.9. The second-order valence-corrected chi connectivity index (χ2v) is 30.0. The Hall–Kier alpha value is -9.55. The number of aliphatic hydroxyl groups is 4. The molecular weight excluding hydrogens is 1560 g/mol. The lowest BCUT2D eigenvalue weighted by atomic mass is 9.96. The Morgan fingerprint density at radius 2 is 1.04 bits per heavy atom. The molecule has 4 saturated heterocycles. The van der Waals surface area contributed by atoms with Crippen molar-refractivity contribution < 1.29 is 73.9 Å². The first-order valence-corrected chi connectivity index (χ1v) is 38.8. The molecule has 0 aromatic heterocycles. The van der Waals surface area contributed by atoms with Gasteiger partial charge in [0.2, 0.25) is 0 Å². The Bertz CT molecular complexity index is 4110. The quantitative estimate of drug-likeness (QED) is 0.00912. The normalized spacial score (nSPS) is 20.8. The largest absolute Gasteiger partial charge is 0.481 e. The molecule has 7 aliphatic heterocycles. The fraction of sp³-hybridized carbons (Fsp3) is 0.500. The molecule has 8 unspecified atom stereocenters. The monoisotopic (exact) mass is 1670 g/mol. The van der Waals surface area contributed by atoms with Crippen molar-refractivity contribution in [2.24, 2.45) is 28.7 Å². The minimum Gasteiger partial charge on any atom is -0.481 e. The number of ether oxygens (including phenoxy) is 3. The van der Waals surface area contributed by atoms with Crippen LogP contribution in [0.5, 0.6) is 0 Å². The lowest BCUT2D eigenvalue weighted by Crippen LogP contribution is -2.41. The second kappa shape index (κ2) is 47.3. The van der Waals surface area contributed by atoms with Crippen LogP contribution in [0.3, 0.4) is 0 Å². The van der Waals surface area contributed by atoms with Crippen molar-refractivity contribution in [3.8, 4) is 0 Å². The van der Waals surface area contributed by atoms with Gasteiger partial charge in [-0.2, -0.15) is 0 Å². The summed E-state index contributed by atoms with van der Waals surface area (Å²) in [6.45, 7) is 29.4. The second-order valence-electron chi connectivity index (χ2n) is 29.1. The minimum atomic E-state index is -1.00. The van der Waals surface area contributed by atoms with Crippen LogP contribution in [0.1, 0.15) is 144 Å². The van der Waals surface area contributed by atoms with Crippen molar-refractivity contribution in [2.45, 2.75) is 151 Å². The number of piperidine rings is 4. The smallest absolute Gasteiger partial charge is 0.335 e. The zero-order valence-corrected chi connectivity index (χ0v) is 68.9. The lowest BCUT2D eigenvalue weighted by molar-refractivity contribution is -0.385. The van der Waals surface area contributed by atoms with E-state index in [1.807, 2.05) is 50.1 Å². The van der Waals surface area contributed by atoms with Crippen LogP contribution in [0.4, 0.5) is 45.5 Å². The number of aromatic carboxylic acids is 2. The standard InChI is InChI=1S/C17H24N4O3.C17H26N4O.C13H17BrN2O3.C13H13NO4.C7H8N2O2.C7H13NO3.C6H13NO.ClH/c1-12-8-19(4-3-17(12)22)10-14-5-15(7-16(6-14)21(23)24)20-9-13(2)18-11-20;1-12-8-20(4-3-17(12)22)10-14-5-15(18)7-16(6-14)21-9-13(2)19-11-21;1-9-7-15(3-2-13(9)17)8-10-4-11(14)6-12(5-10)16(18)19;1-2-18-12(15)7-10-6-9-5-8(13(16)17)3-4-11(9)14-10;8-5-2-1-4(7(10)11)3-6(5)9;1-3-10-6(8)5-7(9)11-4-2;1-5-4-7-3-2-6(5)8;/h5-7,9,12,17-18,22H,3-4,8,10-11H2,1-2H3;5-7,9,12,17,19,22H,3-4,8,10-11,18H2,1-2H3;4-6,9,13,17H,2-3,7-8H2,1H3;3-5H,2,6-7H2,1H3,(H,16,17);1-3H,8-9H2,(H,10,11);8H,3-5H2,1-2H3;5-8H,2-4H2,1H3;1H. The summed E-state index contributed by atoms with van der Waals surface area (Å²) >= 11 is 3.30. The number of carbonyl (C=O) groups is 4. The molecule has 7 heterocycles. The number of hydrogen-bond donors (Lipinski definition) is 13. The summed E-state index contributed by atoms with van der Waals surface area (Å²) < 4.78 is 14.9. The Labute approximate surface area is 681 Å². The van der Waals surface area contributed by atoms with Crippen molar-refractivity contribution in [3.05, 3.63) is 173 Å². The molecule has 0 spiro atoms. The van der Waals surface area contributed by atoms with Gasteiger partial charge in [-0.1, -0.05) is 43.6 Å². The number of non-ortho nitro benzene ring substituents is 2. The minimum absolute atomic E-state index is 0. The molecule has 0 aliphatic carbocycles. The van der Waals surface area contributed by atoms with E-state index >= 15 is 0 Å². The number of nitro benzene ring substituents is 2. The molecule has 7 aliphatic rings. The Morgan fingerprint density at radius 1 is 0.588 bits per heavy atom. The van der Waals surface area contributed by atoms with Gasteiger partial charge in [-0.05, 0) is 180 Å². The third-order valence-corrected chi connectivity index (χ3v) is 19.9. The number of fused-ring (bicyclic) bond motifs is 1. The SMILES string of the molecule is CC1=CN(c2cc(CN3CCC(O)C(C)C3)cc([N+](=O)[O-])c2)CN1.CC1=CN(c2cc(N)cc(CN3CCC(O)C(C)C3)c2)CN1.CC1CN(Cc2cc(Br)cc([N+](=O)[O-])c2)CCC1O.CC1CNCCC1O.CCOC(=N)CC(=O)OCC.CCOC(=O)CC1=Nc2ccc(C(=O)O)cc2C1.Cl.Nc1ccc(C(=O)O)cc1N. The highest BCUT2D eigenvalue weighted by Crippen LogP contribution is 2.32. The highest BCUT2D eigenvalue weighted by Gasteiger charge is 2.29. The van der Waals surface area contributed by atoms with Gasteiger partial charge in [0.05, 0.1) is 102 Å². The predicted molar refractivity (Wildman–Crippen MR) is 447 cm³/mol. The summed E-state index contributed by atoms with van der Waals surface area (Å²) in [7, 11) is 0. The fourth-order valence-electron chi connectivity index (χ4n) is 13.2. The van der Waals surface area contributed by atoms with E-state index in [2.05, 4.69) is 100 Å². The third kappa shape index (κ3) is 32.0. The van der Waals surface area contributed by atoms with Crippen LogP contribution in [-0.4, -0.2) is 201 Å².